The lowest BCUT2D eigenvalue weighted by Crippen LogP contribution is -2.17. The maximum Gasteiger partial charge on any atom is 0.303 e. The van der Waals surface area contributed by atoms with Crippen LogP contribution in [0.5, 0.6) is 0 Å². The standard InChI is InChI=1S/C12H18O3.CH4O/c1-2-3-4-5-10-9(8-12(14)15)6-7-11(10)13;1-2/h3-4,9-10H,2,5-8H2,1H3,(H,14,15);2H,1H3/b4-3-;/t9-,10+;/m0./s1. The molecule has 0 saturated heterocycles. The Morgan fingerprint density at radius 1 is 1.41 bits per heavy atom. The highest BCUT2D eigenvalue weighted by Crippen LogP contribution is 2.33. The van der Waals surface area contributed by atoms with Gasteiger partial charge in [-0.25, -0.2) is 0 Å². The molecule has 0 bridgehead atoms. The van der Waals surface area contributed by atoms with Crippen LogP contribution in [0.2, 0.25) is 0 Å². The molecule has 0 aliphatic heterocycles. The molecule has 0 aromatic rings. The molecule has 0 amide bonds. The Hall–Kier alpha value is -1.16. The van der Waals surface area contributed by atoms with E-state index in [0.717, 1.165) is 20.0 Å². The van der Waals surface area contributed by atoms with E-state index in [4.69, 9.17) is 10.2 Å². The van der Waals surface area contributed by atoms with Gasteiger partial charge in [-0.1, -0.05) is 19.1 Å². The number of hydrogen-bond donors (Lipinski definition) is 2. The molecule has 17 heavy (non-hydrogen) atoms. The Morgan fingerprint density at radius 3 is 2.59 bits per heavy atom. The number of aliphatic hydroxyl groups is 1. The van der Waals surface area contributed by atoms with E-state index >= 15 is 0 Å². The van der Waals surface area contributed by atoms with Crippen molar-refractivity contribution in [2.24, 2.45) is 11.8 Å². The number of aliphatic hydroxyl groups excluding tert-OH is 1. The normalized spacial score (nSPS) is 23.6. The van der Waals surface area contributed by atoms with Gasteiger partial charge in [0, 0.05) is 25.9 Å². The number of ketones is 1. The van der Waals surface area contributed by atoms with Crippen LogP contribution in [0.1, 0.15) is 39.0 Å². The van der Waals surface area contributed by atoms with Gasteiger partial charge in [0.25, 0.3) is 0 Å². The summed E-state index contributed by atoms with van der Waals surface area (Å²) in [6, 6.07) is 0. The van der Waals surface area contributed by atoms with Crippen molar-refractivity contribution >= 4 is 11.8 Å². The predicted octanol–water partition coefficient (Wildman–Crippen LogP) is 2.02. The fraction of sp³-hybridized carbons (Fsp3) is 0.692. The molecule has 0 aromatic heterocycles. The second-order valence-electron chi connectivity index (χ2n) is 4.08. The van der Waals surface area contributed by atoms with Crippen molar-refractivity contribution in [2.45, 2.75) is 39.0 Å². The number of carbonyl (C=O) groups is 2. The highest BCUT2D eigenvalue weighted by atomic mass is 16.4. The third-order valence-corrected chi connectivity index (χ3v) is 2.97. The number of rotatable bonds is 5. The van der Waals surface area contributed by atoms with Crippen LogP contribution < -0.4 is 0 Å². The van der Waals surface area contributed by atoms with E-state index in [1.165, 1.54) is 0 Å². The molecule has 0 aromatic carbocycles. The van der Waals surface area contributed by atoms with Crippen molar-refractivity contribution in [3.63, 3.8) is 0 Å². The summed E-state index contributed by atoms with van der Waals surface area (Å²) in [5.41, 5.74) is 0. The Morgan fingerprint density at radius 2 is 2.06 bits per heavy atom. The smallest absolute Gasteiger partial charge is 0.303 e. The van der Waals surface area contributed by atoms with Crippen LogP contribution in [-0.4, -0.2) is 29.1 Å². The van der Waals surface area contributed by atoms with E-state index < -0.39 is 5.97 Å². The lowest BCUT2D eigenvalue weighted by molar-refractivity contribution is -0.138. The third-order valence-electron chi connectivity index (χ3n) is 2.97. The van der Waals surface area contributed by atoms with Crippen LogP contribution in [0.25, 0.3) is 0 Å². The predicted molar refractivity (Wildman–Crippen MR) is 65.7 cm³/mol. The number of carbonyl (C=O) groups excluding carboxylic acids is 1. The summed E-state index contributed by atoms with van der Waals surface area (Å²) in [5.74, 6) is -0.554. The number of hydrogen-bond acceptors (Lipinski definition) is 3. The lowest BCUT2D eigenvalue weighted by Gasteiger charge is -2.14. The first kappa shape index (κ1) is 15.8. The lowest BCUT2D eigenvalue weighted by atomic mass is 9.89. The van der Waals surface area contributed by atoms with E-state index in [1.54, 1.807) is 0 Å². The second-order valence-corrected chi connectivity index (χ2v) is 4.08. The number of Topliss-reactive ketones (excluding diaryl/α,β-unsaturated/α-hetero) is 1. The van der Waals surface area contributed by atoms with Crippen molar-refractivity contribution in [1.29, 1.82) is 0 Å². The molecule has 1 aliphatic rings. The van der Waals surface area contributed by atoms with Crippen LogP contribution >= 0.6 is 0 Å². The highest BCUT2D eigenvalue weighted by molar-refractivity contribution is 5.84. The van der Waals surface area contributed by atoms with Crippen LogP contribution in [0.4, 0.5) is 0 Å². The fourth-order valence-corrected chi connectivity index (χ4v) is 2.18. The zero-order valence-electron chi connectivity index (χ0n) is 10.6. The minimum Gasteiger partial charge on any atom is -0.481 e. The number of carboxylic acid groups (broad SMARTS) is 1. The SMILES string of the molecule is CC/C=C\C[C@H]1C(=O)CC[C@H]1CC(=O)O.CO. The minimum absolute atomic E-state index is 0.0519. The topological polar surface area (TPSA) is 74.6 Å². The molecule has 2 atom stereocenters. The van der Waals surface area contributed by atoms with E-state index in [1.807, 2.05) is 19.1 Å². The molecule has 1 rings (SSSR count). The molecule has 0 radical (unpaired) electrons. The van der Waals surface area contributed by atoms with Gasteiger partial charge >= 0.3 is 5.97 Å². The summed E-state index contributed by atoms with van der Waals surface area (Å²) in [6.45, 7) is 2.04. The summed E-state index contributed by atoms with van der Waals surface area (Å²) in [7, 11) is 1.00. The monoisotopic (exact) mass is 242 g/mol. The third kappa shape index (κ3) is 5.63. The van der Waals surface area contributed by atoms with Gasteiger partial charge < -0.3 is 10.2 Å². The van der Waals surface area contributed by atoms with Crippen LogP contribution in [0.3, 0.4) is 0 Å². The molecule has 1 aliphatic carbocycles. The first-order valence-electron chi connectivity index (χ1n) is 5.99. The Bertz CT molecular complexity index is 271. The molecule has 1 fully saturated rings. The molecule has 4 nitrogen and oxygen atoms in total. The van der Waals surface area contributed by atoms with Gasteiger partial charge in [0.2, 0.25) is 0 Å². The van der Waals surface area contributed by atoms with Gasteiger partial charge in [-0.3, -0.25) is 9.59 Å². The molecule has 4 heteroatoms. The molecule has 0 unspecified atom stereocenters. The van der Waals surface area contributed by atoms with Crippen LogP contribution in [0.15, 0.2) is 12.2 Å². The van der Waals surface area contributed by atoms with Crippen LogP contribution in [-0.2, 0) is 9.59 Å². The van der Waals surface area contributed by atoms with Gasteiger partial charge in [0.15, 0.2) is 0 Å². The summed E-state index contributed by atoms with van der Waals surface area (Å²) in [4.78, 5) is 22.1. The molecular weight excluding hydrogens is 220 g/mol. The number of allylic oxidation sites excluding steroid dienone is 2. The Labute approximate surface area is 102 Å². The van der Waals surface area contributed by atoms with Gasteiger partial charge in [-0.2, -0.15) is 0 Å². The highest BCUT2D eigenvalue weighted by Gasteiger charge is 2.34. The van der Waals surface area contributed by atoms with Gasteiger partial charge in [0.1, 0.15) is 5.78 Å². The number of carboxylic acids is 1. The average Bonchev–Trinajstić information content (AvgIpc) is 2.63. The maximum absolute atomic E-state index is 11.5. The van der Waals surface area contributed by atoms with Crippen molar-refractivity contribution in [1.82, 2.24) is 0 Å². The minimum atomic E-state index is -0.792. The van der Waals surface area contributed by atoms with Crippen molar-refractivity contribution < 1.29 is 19.8 Å². The van der Waals surface area contributed by atoms with Crippen LogP contribution in [0, 0.1) is 11.8 Å². The molecule has 1 saturated carbocycles. The summed E-state index contributed by atoms with van der Waals surface area (Å²) >= 11 is 0. The molecular formula is C13H22O4. The van der Waals surface area contributed by atoms with E-state index in [9.17, 15) is 9.59 Å². The van der Waals surface area contributed by atoms with Crippen molar-refractivity contribution in [3.8, 4) is 0 Å². The van der Waals surface area contributed by atoms with Gasteiger partial charge in [-0.15, -0.1) is 0 Å². The second kappa shape index (κ2) is 8.93. The first-order valence-corrected chi connectivity index (χ1v) is 5.99. The largest absolute Gasteiger partial charge is 0.481 e. The van der Waals surface area contributed by atoms with Crippen molar-refractivity contribution in [3.05, 3.63) is 12.2 Å². The van der Waals surface area contributed by atoms with E-state index in [2.05, 4.69) is 0 Å². The summed E-state index contributed by atoms with van der Waals surface area (Å²) in [6.07, 6.45) is 7.15. The van der Waals surface area contributed by atoms with E-state index in [0.29, 0.717) is 12.8 Å². The van der Waals surface area contributed by atoms with Crippen molar-refractivity contribution in [2.75, 3.05) is 7.11 Å². The van der Waals surface area contributed by atoms with Gasteiger partial charge in [0.05, 0.1) is 0 Å². The zero-order chi connectivity index (χ0) is 13.3. The molecule has 0 heterocycles. The molecule has 0 spiro atoms. The van der Waals surface area contributed by atoms with E-state index in [-0.39, 0.29) is 24.0 Å². The molecule has 98 valence electrons. The summed E-state index contributed by atoms with van der Waals surface area (Å²) < 4.78 is 0. The number of aliphatic carboxylic acids is 1. The average molecular weight is 242 g/mol. The maximum atomic E-state index is 11.5. The Kier molecular flexibility index (Phi) is 8.32. The first-order chi connectivity index (χ1) is 8.15. The fourth-order valence-electron chi connectivity index (χ4n) is 2.18. The zero-order valence-corrected chi connectivity index (χ0v) is 10.6. The molecule has 2 N–H and O–H groups in total. The summed E-state index contributed by atoms with van der Waals surface area (Å²) in [5, 5.41) is 15.7. The quantitative estimate of drug-likeness (QED) is 0.723. The van der Waals surface area contributed by atoms with Gasteiger partial charge in [-0.05, 0) is 25.2 Å². The Balaban J connectivity index is 0.00000121.